The van der Waals surface area contributed by atoms with Gasteiger partial charge in [-0.1, -0.05) is 42.5 Å². The third kappa shape index (κ3) is 3.86. The van der Waals surface area contributed by atoms with Crippen molar-refractivity contribution in [3.63, 3.8) is 0 Å². The van der Waals surface area contributed by atoms with Crippen LogP contribution in [0.15, 0.2) is 54.6 Å². The second-order valence-corrected chi connectivity index (χ2v) is 8.02. The molecule has 4 nitrogen and oxygen atoms in total. The van der Waals surface area contributed by atoms with E-state index >= 15 is 0 Å². The van der Waals surface area contributed by atoms with Gasteiger partial charge in [0.15, 0.2) is 0 Å². The maximum absolute atomic E-state index is 13.0. The summed E-state index contributed by atoms with van der Waals surface area (Å²) >= 11 is 0. The Morgan fingerprint density at radius 2 is 1.78 bits per heavy atom. The fourth-order valence-electron chi connectivity index (χ4n) is 4.87. The van der Waals surface area contributed by atoms with Crippen LogP contribution in [0.5, 0.6) is 5.75 Å². The van der Waals surface area contributed by atoms with Gasteiger partial charge in [0.1, 0.15) is 5.75 Å². The van der Waals surface area contributed by atoms with Gasteiger partial charge in [0.05, 0.1) is 6.04 Å². The normalized spacial score (nSPS) is 25.4. The Balaban J connectivity index is 1.39. The molecule has 4 heteroatoms. The number of rotatable bonds is 5. The average Bonchev–Trinajstić information content (AvgIpc) is 2.95. The number of phenolic OH excluding ortho intramolecular Hbond substituents is 1. The monoisotopic (exact) mass is 364 g/mol. The predicted molar refractivity (Wildman–Crippen MR) is 106 cm³/mol. The average molecular weight is 364 g/mol. The van der Waals surface area contributed by atoms with Crippen LogP contribution < -0.4 is 5.73 Å². The zero-order valence-corrected chi connectivity index (χ0v) is 15.6. The highest BCUT2D eigenvalue weighted by molar-refractivity contribution is 5.82. The van der Waals surface area contributed by atoms with Gasteiger partial charge in [-0.15, -0.1) is 0 Å². The number of nitrogens with two attached hydrogens (primary N) is 1. The third-order valence-electron chi connectivity index (χ3n) is 6.23. The molecule has 2 heterocycles. The quantitative estimate of drug-likeness (QED) is 0.852. The predicted octanol–water partition coefficient (Wildman–Crippen LogP) is 3.59. The molecule has 2 bridgehead atoms. The van der Waals surface area contributed by atoms with E-state index in [0.717, 1.165) is 32.1 Å². The van der Waals surface area contributed by atoms with Gasteiger partial charge >= 0.3 is 0 Å². The summed E-state index contributed by atoms with van der Waals surface area (Å²) < 4.78 is 0. The summed E-state index contributed by atoms with van der Waals surface area (Å²) in [4.78, 5) is 15.1. The number of aromatic hydroxyl groups is 1. The van der Waals surface area contributed by atoms with Gasteiger partial charge in [-0.25, -0.2) is 0 Å². The number of carbonyl (C=O) groups excluding carboxylic acids is 1. The largest absolute Gasteiger partial charge is 0.508 e. The van der Waals surface area contributed by atoms with Crippen molar-refractivity contribution >= 4 is 5.91 Å². The summed E-state index contributed by atoms with van der Waals surface area (Å²) in [5, 5.41) is 9.78. The lowest BCUT2D eigenvalue weighted by Crippen LogP contribution is -2.52. The fourth-order valence-corrected chi connectivity index (χ4v) is 4.87. The number of phenols is 1. The molecule has 142 valence electrons. The number of aryl methyl sites for hydroxylation is 1. The molecule has 0 aromatic heterocycles. The zero-order chi connectivity index (χ0) is 18.8. The molecule has 2 saturated heterocycles. The van der Waals surface area contributed by atoms with Crippen LogP contribution in [-0.2, 0) is 11.2 Å². The Morgan fingerprint density at radius 1 is 1.07 bits per heavy atom. The summed E-state index contributed by atoms with van der Waals surface area (Å²) in [7, 11) is 0. The minimum Gasteiger partial charge on any atom is -0.508 e. The van der Waals surface area contributed by atoms with Crippen molar-refractivity contribution in [3.8, 4) is 5.75 Å². The summed E-state index contributed by atoms with van der Waals surface area (Å²) in [6.45, 7) is 0. The lowest BCUT2D eigenvalue weighted by atomic mass is 9.84. The molecular formula is C23H28N2O2. The van der Waals surface area contributed by atoms with Gasteiger partial charge in [-0.05, 0) is 67.7 Å². The second kappa shape index (κ2) is 7.73. The Morgan fingerprint density at radius 3 is 2.44 bits per heavy atom. The van der Waals surface area contributed by atoms with Gasteiger partial charge in [0.2, 0.25) is 5.91 Å². The molecule has 4 atom stereocenters. The SMILES string of the molecule is NC(CCc1ccccc1)C(=O)N1[C@@H]2CC[C@H]1CC(c1cccc(O)c1)C2. The van der Waals surface area contributed by atoms with Crippen molar-refractivity contribution in [1.29, 1.82) is 0 Å². The van der Waals surface area contributed by atoms with Crippen molar-refractivity contribution in [2.45, 2.75) is 62.6 Å². The standard InChI is InChI=1S/C23H28N2O2/c24-22(12-9-16-5-2-1-3-6-16)23(27)25-19-10-11-20(25)14-18(13-19)17-7-4-8-21(26)15-17/h1-8,15,18-20,22,26H,9-14,24H2/t18?,19-,20+,22?. The van der Waals surface area contributed by atoms with E-state index in [1.807, 2.05) is 30.3 Å². The Labute approximate surface area is 161 Å². The number of hydrogen-bond donors (Lipinski definition) is 2. The van der Waals surface area contributed by atoms with E-state index in [1.54, 1.807) is 6.07 Å². The van der Waals surface area contributed by atoms with Crippen molar-refractivity contribution in [3.05, 3.63) is 65.7 Å². The molecule has 4 rings (SSSR count). The molecule has 1 amide bonds. The van der Waals surface area contributed by atoms with Gasteiger partial charge in [-0.2, -0.15) is 0 Å². The number of nitrogens with zero attached hydrogens (tertiary/aromatic N) is 1. The number of hydrogen-bond acceptors (Lipinski definition) is 3. The van der Waals surface area contributed by atoms with Crippen molar-refractivity contribution in [1.82, 2.24) is 4.90 Å². The molecule has 0 saturated carbocycles. The molecule has 2 aliphatic rings. The van der Waals surface area contributed by atoms with E-state index < -0.39 is 6.04 Å². The Hall–Kier alpha value is -2.33. The van der Waals surface area contributed by atoms with Gasteiger partial charge < -0.3 is 15.7 Å². The number of carbonyl (C=O) groups is 1. The van der Waals surface area contributed by atoms with Crippen LogP contribution in [0, 0.1) is 0 Å². The van der Waals surface area contributed by atoms with Crippen LogP contribution in [0.4, 0.5) is 0 Å². The van der Waals surface area contributed by atoms with Crippen molar-refractivity contribution < 1.29 is 9.90 Å². The van der Waals surface area contributed by atoms with Crippen LogP contribution >= 0.6 is 0 Å². The van der Waals surface area contributed by atoms with E-state index in [0.29, 0.717) is 18.1 Å². The van der Waals surface area contributed by atoms with Gasteiger partial charge in [0.25, 0.3) is 0 Å². The van der Waals surface area contributed by atoms with E-state index in [-0.39, 0.29) is 18.0 Å². The molecule has 2 aromatic rings. The van der Waals surface area contributed by atoms with Gasteiger partial charge in [0, 0.05) is 12.1 Å². The van der Waals surface area contributed by atoms with E-state index in [4.69, 9.17) is 5.73 Å². The molecule has 2 aromatic carbocycles. The van der Waals surface area contributed by atoms with Crippen molar-refractivity contribution in [2.24, 2.45) is 5.73 Å². The smallest absolute Gasteiger partial charge is 0.239 e. The van der Waals surface area contributed by atoms with Crippen LogP contribution in [-0.4, -0.2) is 34.0 Å². The maximum atomic E-state index is 13.0. The molecule has 0 aliphatic carbocycles. The third-order valence-corrected chi connectivity index (χ3v) is 6.23. The first-order chi connectivity index (χ1) is 13.1. The number of fused-ring (bicyclic) bond motifs is 2. The lowest BCUT2D eigenvalue weighted by Gasteiger charge is -2.40. The first kappa shape index (κ1) is 18.1. The zero-order valence-electron chi connectivity index (χ0n) is 15.6. The van der Waals surface area contributed by atoms with Crippen LogP contribution in [0.25, 0.3) is 0 Å². The summed E-state index contributed by atoms with van der Waals surface area (Å²) in [6.07, 6.45) is 5.60. The topological polar surface area (TPSA) is 66.6 Å². The molecule has 0 spiro atoms. The molecule has 2 fully saturated rings. The number of benzene rings is 2. The highest BCUT2D eigenvalue weighted by Gasteiger charge is 2.44. The minimum absolute atomic E-state index is 0.118. The summed E-state index contributed by atoms with van der Waals surface area (Å²) in [5.74, 6) is 0.855. The van der Waals surface area contributed by atoms with Crippen LogP contribution in [0.2, 0.25) is 0 Å². The Kier molecular flexibility index (Phi) is 5.17. The maximum Gasteiger partial charge on any atom is 0.239 e. The van der Waals surface area contributed by atoms with Crippen LogP contribution in [0.1, 0.15) is 49.1 Å². The highest BCUT2D eigenvalue weighted by Crippen LogP contribution is 2.43. The van der Waals surface area contributed by atoms with E-state index in [1.165, 1.54) is 11.1 Å². The number of piperidine rings is 1. The van der Waals surface area contributed by atoms with Crippen LogP contribution in [0.3, 0.4) is 0 Å². The molecular weight excluding hydrogens is 336 g/mol. The second-order valence-electron chi connectivity index (χ2n) is 8.02. The minimum atomic E-state index is -0.425. The first-order valence-corrected chi connectivity index (χ1v) is 10.0. The summed E-state index contributed by atoms with van der Waals surface area (Å²) in [5.41, 5.74) is 8.70. The fraction of sp³-hybridized carbons (Fsp3) is 0.435. The Bertz CT molecular complexity index is 778. The lowest BCUT2D eigenvalue weighted by molar-refractivity contribution is -0.137. The summed E-state index contributed by atoms with van der Waals surface area (Å²) in [6, 6.07) is 17.9. The molecule has 27 heavy (non-hydrogen) atoms. The van der Waals surface area contributed by atoms with Gasteiger partial charge in [-0.3, -0.25) is 4.79 Å². The highest BCUT2D eigenvalue weighted by atomic mass is 16.3. The van der Waals surface area contributed by atoms with E-state index in [9.17, 15) is 9.90 Å². The molecule has 2 aliphatic heterocycles. The molecule has 0 radical (unpaired) electrons. The molecule has 3 N–H and O–H groups in total. The van der Waals surface area contributed by atoms with E-state index in [2.05, 4.69) is 23.1 Å². The van der Waals surface area contributed by atoms with Crippen molar-refractivity contribution in [2.75, 3.05) is 0 Å². The molecule has 2 unspecified atom stereocenters. The first-order valence-electron chi connectivity index (χ1n) is 10.0. The number of amides is 1.